The molecule has 2 N–H and O–H groups in total. The van der Waals surface area contributed by atoms with Gasteiger partial charge in [-0.3, -0.25) is 14.4 Å². The molecule has 0 aromatic heterocycles. The van der Waals surface area contributed by atoms with Crippen molar-refractivity contribution < 1.29 is 33.8 Å². The lowest BCUT2D eigenvalue weighted by atomic mass is 9.92. The summed E-state index contributed by atoms with van der Waals surface area (Å²) in [6.45, 7) is 0.680. The number of nitrogens with one attached hydrogen (secondary N) is 1. The highest BCUT2D eigenvalue weighted by Gasteiger charge is 2.52. The molecule has 0 spiro atoms. The van der Waals surface area contributed by atoms with Crippen molar-refractivity contribution in [3.05, 3.63) is 0 Å². The highest BCUT2D eigenvalue weighted by Crippen LogP contribution is 2.34. The first-order valence-corrected chi connectivity index (χ1v) is 10.2. The molecule has 0 radical (unpaired) electrons. The first kappa shape index (κ1) is 20.1. The van der Waals surface area contributed by atoms with Crippen LogP contribution in [0.25, 0.3) is 0 Å². The van der Waals surface area contributed by atoms with Crippen molar-refractivity contribution in [2.75, 3.05) is 32.9 Å². The number of amides is 3. The van der Waals surface area contributed by atoms with Gasteiger partial charge in [-0.05, 0) is 31.6 Å². The van der Waals surface area contributed by atoms with E-state index in [1.165, 1.54) is 12.8 Å². The number of aliphatic carboxylic acids is 1. The van der Waals surface area contributed by atoms with Crippen molar-refractivity contribution in [2.24, 2.45) is 5.92 Å². The van der Waals surface area contributed by atoms with E-state index in [9.17, 15) is 19.2 Å². The van der Waals surface area contributed by atoms with Crippen LogP contribution in [0.1, 0.15) is 32.1 Å². The van der Waals surface area contributed by atoms with Crippen LogP contribution in [0.2, 0.25) is 0 Å². The van der Waals surface area contributed by atoms with Gasteiger partial charge in [-0.15, -0.1) is 0 Å². The van der Waals surface area contributed by atoms with Crippen molar-refractivity contribution >= 4 is 23.7 Å². The van der Waals surface area contributed by atoms with E-state index in [0.717, 1.165) is 0 Å². The summed E-state index contributed by atoms with van der Waals surface area (Å²) in [6.07, 6.45) is 3.77. The van der Waals surface area contributed by atoms with E-state index in [1.807, 2.05) is 0 Å². The number of carboxylic acids is 1. The average molecular weight is 409 g/mol. The summed E-state index contributed by atoms with van der Waals surface area (Å²) in [6, 6.07) is -1.26. The fourth-order valence-electron chi connectivity index (χ4n) is 4.43. The van der Waals surface area contributed by atoms with Crippen LogP contribution in [0.5, 0.6) is 0 Å². The fraction of sp³-hybridized carbons (Fsp3) is 0.789. The Balaban J connectivity index is 1.31. The minimum absolute atomic E-state index is 0.0262. The van der Waals surface area contributed by atoms with Gasteiger partial charge in [-0.1, -0.05) is 0 Å². The zero-order valence-electron chi connectivity index (χ0n) is 16.2. The molecule has 29 heavy (non-hydrogen) atoms. The van der Waals surface area contributed by atoms with Gasteiger partial charge >= 0.3 is 5.97 Å². The van der Waals surface area contributed by atoms with Crippen LogP contribution in [-0.4, -0.2) is 95.7 Å². The van der Waals surface area contributed by atoms with Crippen LogP contribution in [0.4, 0.5) is 0 Å². The smallest absolute Gasteiger partial charge is 0.329 e. The molecular formula is C19H27N3O7. The third kappa shape index (κ3) is 4.53. The van der Waals surface area contributed by atoms with Gasteiger partial charge in [-0.25, -0.2) is 4.79 Å². The molecule has 4 rings (SSSR count). The first-order chi connectivity index (χ1) is 13.9. The highest BCUT2D eigenvalue weighted by atomic mass is 16.5. The summed E-state index contributed by atoms with van der Waals surface area (Å²) >= 11 is 0. The summed E-state index contributed by atoms with van der Waals surface area (Å²) in [4.78, 5) is 51.6. The quantitative estimate of drug-likeness (QED) is 0.525. The normalized spacial score (nSPS) is 31.4. The Kier molecular flexibility index (Phi) is 5.73. The Labute approximate surface area is 168 Å². The zero-order chi connectivity index (χ0) is 20.5. The summed E-state index contributed by atoms with van der Waals surface area (Å²) in [5, 5.41) is 11.3. The van der Waals surface area contributed by atoms with Crippen molar-refractivity contribution in [2.45, 2.75) is 56.3 Å². The summed E-state index contributed by atoms with van der Waals surface area (Å²) in [5.74, 6) is -1.03. The van der Waals surface area contributed by atoms with Gasteiger partial charge in [-0.2, -0.15) is 0 Å². The lowest BCUT2D eigenvalue weighted by Gasteiger charge is -2.46. The lowest BCUT2D eigenvalue weighted by Crippen LogP contribution is -2.66. The molecule has 3 heterocycles. The number of ether oxygens (including phenoxy) is 2. The van der Waals surface area contributed by atoms with E-state index in [2.05, 4.69) is 5.32 Å². The molecule has 0 bridgehead atoms. The number of nitrogens with zero attached hydrogens (tertiary/aromatic N) is 2. The van der Waals surface area contributed by atoms with E-state index in [0.29, 0.717) is 44.9 Å². The molecule has 10 nitrogen and oxygen atoms in total. The molecule has 160 valence electrons. The van der Waals surface area contributed by atoms with Gasteiger partial charge in [0.05, 0.1) is 6.10 Å². The molecule has 1 saturated carbocycles. The molecule has 0 aromatic carbocycles. The molecule has 4 atom stereocenters. The van der Waals surface area contributed by atoms with Crippen molar-refractivity contribution in [1.82, 2.24) is 15.1 Å². The summed E-state index contributed by atoms with van der Waals surface area (Å²) in [5.41, 5.74) is 0. The Bertz CT molecular complexity index is 695. The van der Waals surface area contributed by atoms with Gasteiger partial charge < -0.3 is 29.7 Å². The van der Waals surface area contributed by atoms with Crippen molar-refractivity contribution in [3.8, 4) is 0 Å². The van der Waals surface area contributed by atoms with Crippen LogP contribution in [0.15, 0.2) is 0 Å². The maximum atomic E-state index is 13.0. The number of rotatable bonds is 8. The predicted molar refractivity (Wildman–Crippen MR) is 97.7 cm³/mol. The van der Waals surface area contributed by atoms with Crippen LogP contribution in [0, 0.1) is 5.92 Å². The molecule has 10 heteroatoms. The number of carbonyl (C=O) groups excluding carboxylic acids is 3. The molecule has 4 fully saturated rings. The first-order valence-electron chi connectivity index (χ1n) is 10.2. The number of hydrogen-bond donors (Lipinski definition) is 2. The largest absolute Gasteiger partial charge is 0.480 e. The van der Waals surface area contributed by atoms with Crippen molar-refractivity contribution in [3.63, 3.8) is 0 Å². The minimum Gasteiger partial charge on any atom is -0.480 e. The average Bonchev–Trinajstić information content (AvgIpc) is 3.41. The van der Waals surface area contributed by atoms with Gasteiger partial charge in [0, 0.05) is 32.2 Å². The van der Waals surface area contributed by atoms with E-state index in [4.69, 9.17) is 14.6 Å². The summed E-state index contributed by atoms with van der Waals surface area (Å²) < 4.78 is 10.7. The van der Waals surface area contributed by atoms with Gasteiger partial charge in [0.2, 0.25) is 17.7 Å². The van der Waals surface area contributed by atoms with E-state index >= 15 is 0 Å². The third-order valence-corrected chi connectivity index (χ3v) is 6.09. The molecular weight excluding hydrogens is 382 g/mol. The fourth-order valence-corrected chi connectivity index (χ4v) is 4.43. The second-order valence-corrected chi connectivity index (χ2v) is 8.36. The topological polar surface area (TPSA) is 125 Å². The number of hydrogen-bond acceptors (Lipinski definition) is 6. The Morgan fingerprint density at radius 1 is 1.03 bits per heavy atom. The SMILES string of the molecule is O=C(O)COCC(=O)N[C@H]1CCN2C(=O)[C@@H]3C[C@@H](OCC4CC4)CN3C(=O)[C@@H]2C1. The Morgan fingerprint density at radius 2 is 1.76 bits per heavy atom. The Morgan fingerprint density at radius 3 is 2.48 bits per heavy atom. The van der Waals surface area contributed by atoms with Crippen LogP contribution < -0.4 is 5.32 Å². The van der Waals surface area contributed by atoms with E-state index < -0.39 is 30.6 Å². The lowest BCUT2D eigenvalue weighted by molar-refractivity contribution is -0.162. The standard InChI is InChI=1S/C19H27N3O7/c23-16(9-28-10-17(24)25)20-12-3-4-21-14(5-12)19(27)22-7-13(6-15(22)18(21)26)29-8-11-1-2-11/h11-15H,1-10H2,(H,20,23)(H,24,25)/t12-,13+,14-,15-/m0/s1. The number of fused-ring (bicyclic) bond motifs is 2. The number of piperidine rings is 1. The van der Waals surface area contributed by atoms with Crippen LogP contribution >= 0.6 is 0 Å². The monoisotopic (exact) mass is 409 g/mol. The van der Waals surface area contributed by atoms with Gasteiger partial charge in [0.15, 0.2) is 0 Å². The molecule has 0 aromatic rings. The number of carboxylic acid groups (broad SMARTS) is 1. The second kappa shape index (κ2) is 8.27. The number of carbonyl (C=O) groups is 4. The molecule has 1 aliphatic carbocycles. The summed E-state index contributed by atoms with van der Waals surface area (Å²) in [7, 11) is 0. The minimum atomic E-state index is -1.14. The number of piperazine rings is 1. The maximum Gasteiger partial charge on any atom is 0.329 e. The molecule has 3 aliphatic heterocycles. The maximum absolute atomic E-state index is 13.0. The molecule has 0 unspecified atom stereocenters. The van der Waals surface area contributed by atoms with E-state index in [-0.39, 0.29) is 30.6 Å². The van der Waals surface area contributed by atoms with Gasteiger partial charge in [0.25, 0.3) is 0 Å². The molecule has 3 saturated heterocycles. The predicted octanol–water partition coefficient (Wildman–Crippen LogP) is -1.03. The van der Waals surface area contributed by atoms with Crippen LogP contribution in [0.3, 0.4) is 0 Å². The van der Waals surface area contributed by atoms with Gasteiger partial charge in [0.1, 0.15) is 25.3 Å². The second-order valence-electron chi connectivity index (χ2n) is 8.36. The third-order valence-electron chi connectivity index (χ3n) is 6.09. The van der Waals surface area contributed by atoms with E-state index in [1.54, 1.807) is 9.80 Å². The van der Waals surface area contributed by atoms with Crippen LogP contribution in [-0.2, 0) is 28.7 Å². The Hall–Kier alpha value is -2.20. The zero-order valence-corrected chi connectivity index (χ0v) is 16.2. The highest BCUT2D eigenvalue weighted by molar-refractivity contribution is 5.97. The molecule has 3 amide bonds. The van der Waals surface area contributed by atoms with Crippen molar-refractivity contribution in [1.29, 1.82) is 0 Å². The molecule has 4 aliphatic rings.